The molecule has 0 aliphatic rings. The maximum absolute atomic E-state index is 12.7. The van der Waals surface area contributed by atoms with Crippen LogP contribution >= 0.6 is 0 Å². The van der Waals surface area contributed by atoms with E-state index in [1.165, 1.54) is 55.6 Å². The summed E-state index contributed by atoms with van der Waals surface area (Å²) in [6, 6.07) is 10.9. The minimum atomic E-state index is -3.98. The first-order valence-corrected chi connectivity index (χ1v) is 10.7. The van der Waals surface area contributed by atoms with Crippen LogP contribution in [0.2, 0.25) is 0 Å². The van der Waals surface area contributed by atoms with Crippen LogP contribution in [-0.4, -0.2) is 23.9 Å². The Labute approximate surface area is 155 Å². The Bertz CT molecular complexity index is 1290. The Balaban J connectivity index is 2.01. The minimum Gasteiger partial charge on any atom is -0.423 e. The van der Waals surface area contributed by atoms with Gasteiger partial charge in [-0.2, -0.15) is 0 Å². The molecule has 8 nitrogen and oxygen atoms in total. The van der Waals surface area contributed by atoms with Crippen molar-refractivity contribution in [3.63, 3.8) is 0 Å². The quantitative estimate of drug-likeness (QED) is 0.621. The Kier molecular flexibility index (Phi) is 4.81. The summed E-state index contributed by atoms with van der Waals surface area (Å²) in [4.78, 5) is 11.1. The lowest BCUT2D eigenvalue weighted by Crippen LogP contribution is -2.20. The second kappa shape index (κ2) is 6.80. The smallest absolute Gasteiger partial charge is 0.336 e. The standard InChI is InChI=1S/C17H16N2O6S2/c1-11-3-5-13(10-16(11)27(23,24)18-2)19-26(21,22)14-6-7-15-12(9-14)4-8-17(20)25-15/h3-10,18-19H,1-2H3. The van der Waals surface area contributed by atoms with Crippen LogP contribution in [0.4, 0.5) is 5.69 Å². The van der Waals surface area contributed by atoms with Gasteiger partial charge in [-0.25, -0.2) is 26.4 Å². The number of hydrogen-bond donors (Lipinski definition) is 2. The van der Waals surface area contributed by atoms with Gasteiger partial charge in [0.25, 0.3) is 10.0 Å². The van der Waals surface area contributed by atoms with Crippen molar-refractivity contribution >= 4 is 36.7 Å². The highest BCUT2D eigenvalue weighted by Crippen LogP contribution is 2.24. The zero-order valence-electron chi connectivity index (χ0n) is 14.4. The van der Waals surface area contributed by atoms with Crippen molar-refractivity contribution in [2.75, 3.05) is 11.8 Å². The van der Waals surface area contributed by atoms with Crippen molar-refractivity contribution in [1.82, 2.24) is 4.72 Å². The Morgan fingerprint density at radius 1 is 0.889 bits per heavy atom. The number of benzene rings is 2. The van der Waals surface area contributed by atoms with Gasteiger partial charge in [-0.15, -0.1) is 0 Å². The largest absolute Gasteiger partial charge is 0.423 e. The van der Waals surface area contributed by atoms with Gasteiger partial charge in [0.2, 0.25) is 10.0 Å². The van der Waals surface area contributed by atoms with E-state index in [1.807, 2.05) is 0 Å². The highest BCUT2D eigenvalue weighted by atomic mass is 32.2. The van der Waals surface area contributed by atoms with Gasteiger partial charge in [0.15, 0.2) is 0 Å². The summed E-state index contributed by atoms with van der Waals surface area (Å²) in [5, 5.41) is 0.444. The van der Waals surface area contributed by atoms with Crippen LogP contribution in [0.3, 0.4) is 0 Å². The summed E-state index contributed by atoms with van der Waals surface area (Å²) in [5.74, 6) is 0. The monoisotopic (exact) mass is 408 g/mol. The van der Waals surface area contributed by atoms with E-state index in [4.69, 9.17) is 4.42 Å². The first kappa shape index (κ1) is 19.1. The topological polar surface area (TPSA) is 123 Å². The second-order valence-electron chi connectivity index (χ2n) is 5.75. The molecule has 2 N–H and O–H groups in total. The molecule has 0 radical (unpaired) electrons. The Hall–Kier alpha value is -2.69. The van der Waals surface area contributed by atoms with Crippen molar-refractivity contribution in [2.24, 2.45) is 0 Å². The van der Waals surface area contributed by atoms with E-state index >= 15 is 0 Å². The zero-order chi connectivity index (χ0) is 19.8. The average Bonchev–Trinajstić information content (AvgIpc) is 2.62. The number of aryl methyl sites for hydroxylation is 1. The third kappa shape index (κ3) is 3.87. The van der Waals surface area contributed by atoms with E-state index in [-0.39, 0.29) is 21.1 Å². The molecule has 0 atom stereocenters. The lowest BCUT2D eigenvalue weighted by atomic mass is 10.2. The van der Waals surface area contributed by atoms with Crippen LogP contribution in [0, 0.1) is 6.92 Å². The lowest BCUT2D eigenvalue weighted by molar-refractivity contribution is 0.560. The van der Waals surface area contributed by atoms with Gasteiger partial charge in [0.05, 0.1) is 15.5 Å². The Morgan fingerprint density at radius 2 is 1.63 bits per heavy atom. The summed E-state index contributed by atoms with van der Waals surface area (Å²) in [6.45, 7) is 1.61. The van der Waals surface area contributed by atoms with Crippen LogP contribution in [0.1, 0.15) is 5.56 Å². The number of rotatable bonds is 5. The summed E-state index contributed by atoms with van der Waals surface area (Å²) < 4.78 is 59.0. The fourth-order valence-corrected chi connectivity index (χ4v) is 4.57. The molecule has 0 unspecified atom stereocenters. The number of hydrogen-bond acceptors (Lipinski definition) is 6. The fraction of sp³-hybridized carbons (Fsp3) is 0.118. The molecule has 2 aromatic carbocycles. The van der Waals surface area contributed by atoms with Crippen LogP contribution in [-0.2, 0) is 20.0 Å². The summed E-state index contributed by atoms with van der Waals surface area (Å²) in [5.41, 5.74) is 0.315. The minimum absolute atomic E-state index is 0.0227. The first-order valence-electron chi connectivity index (χ1n) is 7.73. The normalized spacial score (nSPS) is 12.2. The van der Waals surface area contributed by atoms with Gasteiger partial charge >= 0.3 is 5.63 Å². The van der Waals surface area contributed by atoms with E-state index in [2.05, 4.69) is 9.44 Å². The van der Waals surface area contributed by atoms with Gasteiger partial charge in [0.1, 0.15) is 5.58 Å². The van der Waals surface area contributed by atoms with Gasteiger partial charge in [-0.1, -0.05) is 6.07 Å². The molecule has 3 aromatic rings. The van der Waals surface area contributed by atoms with Crippen molar-refractivity contribution in [3.05, 3.63) is 64.5 Å². The molecule has 0 aliphatic heterocycles. The van der Waals surface area contributed by atoms with E-state index in [1.54, 1.807) is 6.92 Å². The summed E-state index contributed by atoms with van der Waals surface area (Å²) in [6.07, 6.45) is 0. The molecule has 0 aliphatic carbocycles. The molecule has 3 rings (SSSR count). The van der Waals surface area contributed by atoms with Gasteiger partial charge in [-0.3, -0.25) is 4.72 Å². The van der Waals surface area contributed by atoms with Crippen LogP contribution in [0.15, 0.2) is 67.5 Å². The molecular weight excluding hydrogens is 392 g/mol. The maximum Gasteiger partial charge on any atom is 0.336 e. The maximum atomic E-state index is 12.7. The van der Waals surface area contributed by atoms with Crippen molar-refractivity contribution in [3.8, 4) is 0 Å². The molecular formula is C17H16N2O6S2. The SMILES string of the molecule is CNS(=O)(=O)c1cc(NS(=O)(=O)c2ccc3oc(=O)ccc3c2)ccc1C. The summed E-state index contributed by atoms with van der Waals surface area (Å²) >= 11 is 0. The molecule has 0 amide bonds. The van der Waals surface area contributed by atoms with Gasteiger partial charge in [-0.05, 0) is 55.9 Å². The van der Waals surface area contributed by atoms with Gasteiger partial charge in [0, 0.05) is 11.5 Å². The summed E-state index contributed by atoms with van der Waals surface area (Å²) in [7, 11) is -6.44. The van der Waals surface area contributed by atoms with Crippen molar-refractivity contribution in [1.29, 1.82) is 0 Å². The van der Waals surface area contributed by atoms with Gasteiger partial charge < -0.3 is 4.42 Å². The zero-order valence-corrected chi connectivity index (χ0v) is 16.0. The molecule has 1 heterocycles. The third-order valence-electron chi connectivity index (χ3n) is 3.90. The molecule has 0 bridgehead atoms. The predicted molar refractivity (Wildman–Crippen MR) is 101 cm³/mol. The van der Waals surface area contributed by atoms with Crippen molar-refractivity contribution < 1.29 is 21.3 Å². The number of anilines is 1. The lowest BCUT2D eigenvalue weighted by Gasteiger charge is -2.12. The van der Waals surface area contributed by atoms with E-state index in [0.717, 1.165) is 0 Å². The number of sulfonamides is 2. The predicted octanol–water partition coefficient (Wildman–Crippen LogP) is 1.81. The third-order valence-corrected chi connectivity index (χ3v) is 6.83. The molecule has 0 spiro atoms. The molecule has 1 aromatic heterocycles. The van der Waals surface area contributed by atoms with E-state index < -0.39 is 25.7 Å². The molecule has 27 heavy (non-hydrogen) atoms. The fourth-order valence-electron chi connectivity index (χ4n) is 2.49. The van der Waals surface area contributed by atoms with Crippen LogP contribution in [0.25, 0.3) is 11.0 Å². The molecule has 0 fully saturated rings. The number of nitrogens with one attached hydrogen (secondary N) is 2. The molecule has 142 valence electrons. The highest BCUT2D eigenvalue weighted by Gasteiger charge is 2.19. The first-order chi connectivity index (χ1) is 12.6. The average molecular weight is 408 g/mol. The highest BCUT2D eigenvalue weighted by molar-refractivity contribution is 7.92. The van der Waals surface area contributed by atoms with Crippen molar-refractivity contribution in [2.45, 2.75) is 16.7 Å². The van der Waals surface area contributed by atoms with E-state index in [9.17, 15) is 21.6 Å². The van der Waals surface area contributed by atoms with Crippen LogP contribution < -0.4 is 15.1 Å². The molecule has 0 saturated heterocycles. The second-order valence-corrected chi connectivity index (χ2v) is 9.28. The molecule has 10 heteroatoms. The van der Waals surface area contributed by atoms with E-state index in [0.29, 0.717) is 10.9 Å². The molecule has 0 saturated carbocycles. The number of fused-ring (bicyclic) bond motifs is 1. The Morgan fingerprint density at radius 3 is 2.33 bits per heavy atom. The van der Waals surface area contributed by atoms with Crippen LogP contribution in [0.5, 0.6) is 0 Å².